The van der Waals surface area contributed by atoms with Crippen LogP contribution in [0.4, 0.5) is 11.4 Å². The van der Waals surface area contributed by atoms with Crippen LogP contribution in [0.2, 0.25) is 0 Å². The molecule has 24 heavy (non-hydrogen) atoms. The van der Waals surface area contributed by atoms with Gasteiger partial charge in [-0.2, -0.15) is 0 Å². The van der Waals surface area contributed by atoms with Crippen LogP contribution in [0.25, 0.3) is 0 Å². The van der Waals surface area contributed by atoms with E-state index in [1.165, 1.54) is 34.4 Å². The van der Waals surface area contributed by atoms with E-state index < -0.39 is 11.0 Å². The molecule has 0 saturated heterocycles. The van der Waals surface area contributed by atoms with Gasteiger partial charge in [0.15, 0.2) is 11.9 Å². The largest absolute Gasteiger partial charge is 0.478 e. The van der Waals surface area contributed by atoms with Crippen molar-refractivity contribution in [2.45, 2.75) is 19.4 Å². The molecule has 8 heteroatoms. The van der Waals surface area contributed by atoms with Gasteiger partial charge < -0.3 is 4.74 Å². The Morgan fingerprint density at radius 2 is 2.21 bits per heavy atom. The standard InChI is InChI=1S/C16H14N2O5S/c1-2-13-16(20)17(9-12(19)15-4-3-7-24-15)11-8-10(18(21)22)5-6-14(11)23-13/h3-8,13H,2,9H2,1H3. The highest BCUT2D eigenvalue weighted by molar-refractivity contribution is 7.12. The van der Waals surface area contributed by atoms with E-state index in [0.717, 1.165) is 0 Å². The summed E-state index contributed by atoms with van der Waals surface area (Å²) < 4.78 is 5.61. The van der Waals surface area contributed by atoms with E-state index in [-0.39, 0.29) is 29.6 Å². The molecule has 3 rings (SSSR count). The lowest BCUT2D eigenvalue weighted by atomic mass is 10.1. The Morgan fingerprint density at radius 1 is 1.42 bits per heavy atom. The maximum absolute atomic E-state index is 12.6. The average Bonchev–Trinajstić information content (AvgIpc) is 3.11. The van der Waals surface area contributed by atoms with Gasteiger partial charge >= 0.3 is 0 Å². The Labute approximate surface area is 141 Å². The molecule has 0 saturated carbocycles. The van der Waals surface area contributed by atoms with Crippen LogP contribution in [0.1, 0.15) is 23.0 Å². The minimum Gasteiger partial charge on any atom is -0.478 e. The third-order valence-electron chi connectivity index (χ3n) is 3.72. The Morgan fingerprint density at radius 3 is 2.83 bits per heavy atom. The zero-order valence-electron chi connectivity index (χ0n) is 12.8. The summed E-state index contributed by atoms with van der Waals surface area (Å²) in [5.41, 5.74) is 0.0949. The lowest BCUT2D eigenvalue weighted by molar-refractivity contribution is -0.384. The molecule has 7 nitrogen and oxygen atoms in total. The van der Waals surface area contributed by atoms with Crippen LogP contribution in [0.3, 0.4) is 0 Å². The SMILES string of the molecule is CCC1Oc2ccc([N+](=O)[O-])cc2N(CC(=O)c2cccs2)C1=O. The van der Waals surface area contributed by atoms with Crippen molar-refractivity contribution < 1.29 is 19.2 Å². The number of nitro groups is 1. The topological polar surface area (TPSA) is 89.8 Å². The molecule has 2 aromatic rings. The smallest absolute Gasteiger partial charge is 0.271 e. The molecule has 0 spiro atoms. The maximum atomic E-state index is 12.6. The van der Waals surface area contributed by atoms with Gasteiger partial charge in [-0.15, -0.1) is 11.3 Å². The second kappa shape index (κ2) is 6.40. The van der Waals surface area contributed by atoms with Gasteiger partial charge in [-0.05, 0) is 23.9 Å². The number of Topliss-reactive ketones (excluding diaryl/α,β-unsaturated/α-hetero) is 1. The van der Waals surface area contributed by atoms with E-state index in [9.17, 15) is 19.7 Å². The molecular formula is C16H14N2O5S. The molecule has 1 aliphatic rings. The Kier molecular flexibility index (Phi) is 4.30. The number of ketones is 1. The lowest BCUT2D eigenvalue weighted by Crippen LogP contribution is -2.47. The number of anilines is 1. The summed E-state index contributed by atoms with van der Waals surface area (Å²) in [6.07, 6.45) is -0.256. The van der Waals surface area contributed by atoms with Gasteiger partial charge in [0.1, 0.15) is 5.75 Å². The van der Waals surface area contributed by atoms with E-state index in [1.54, 1.807) is 24.4 Å². The lowest BCUT2D eigenvalue weighted by Gasteiger charge is -2.33. The van der Waals surface area contributed by atoms with Crippen LogP contribution in [0.5, 0.6) is 5.75 Å². The molecule has 1 amide bonds. The highest BCUT2D eigenvalue weighted by Crippen LogP contribution is 2.37. The number of rotatable bonds is 5. The number of nitro benzene ring substituents is 1. The van der Waals surface area contributed by atoms with Gasteiger partial charge in [0.2, 0.25) is 0 Å². The minimum atomic E-state index is -0.699. The zero-order valence-corrected chi connectivity index (χ0v) is 13.6. The van der Waals surface area contributed by atoms with Gasteiger partial charge in [-0.3, -0.25) is 24.6 Å². The first-order chi connectivity index (χ1) is 11.5. The quantitative estimate of drug-likeness (QED) is 0.471. The van der Waals surface area contributed by atoms with Crippen LogP contribution in [0.15, 0.2) is 35.7 Å². The normalized spacial score (nSPS) is 16.5. The number of non-ortho nitro benzene ring substituents is 1. The number of hydrogen-bond donors (Lipinski definition) is 0. The van der Waals surface area contributed by atoms with E-state index in [4.69, 9.17) is 4.74 Å². The molecule has 1 aromatic heterocycles. The molecule has 1 unspecified atom stereocenters. The van der Waals surface area contributed by atoms with Crippen molar-refractivity contribution in [2.24, 2.45) is 0 Å². The maximum Gasteiger partial charge on any atom is 0.271 e. The van der Waals surface area contributed by atoms with Crippen LogP contribution in [0, 0.1) is 10.1 Å². The van der Waals surface area contributed by atoms with Crippen molar-refractivity contribution in [1.29, 1.82) is 0 Å². The fourth-order valence-corrected chi connectivity index (χ4v) is 3.16. The van der Waals surface area contributed by atoms with E-state index in [1.807, 2.05) is 0 Å². The number of amides is 1. The molecule has 124 valence electrons. The van der Waals surface area contributed by atoms with Crippen LogP contribution in [-0.4, -0.2) is 29.3 Å². The zero-order chi connectivity index (χ0) is 17.3. The van der Waals surface area contributed by atoms with Crippen LogP contribution in [-0.2, 0) is 4.79 Å². The number of carbonyl (C=O) groups excluding carboxylic acids is 2. The summed E-state index contributed by atoms with van der Waals surface area (Å²) in [5, 5.41) is 12.8. The number of thiophene rings is 1. The summed E-state index contributed by atoms with van der Waals surface area (Å²) in [6.45, 7) is 1.63. The van der Waals surface area contributed by atoms with Crippen molar-refractivity contribution in [1.82, 2.24) is 0 Å². The monoisotopic (exact) mass is 346 g/mol. The molecule has 0 N–H and O–H groups in total. The average molecular weight is 346 g/mol. The number of fused-ring (bicyclic) bond motifs is 1. The van der Waals surface area contributed by atoms with E-state index in [2.05, 4.69) is 0 Å². The molecule has 0 fully saturated rings. The van der Waals surface area contributed by atoms with Gasteiger partial charge in [-0.1, -0.05) is 13.0 Å². The third-order valence-corrected chi connectivity index (χ3v) is 4.63. The number of hydrogen-bond acceptors (Lipinski definition) is 6. The first-order valence-corrected chi connectivity index (χ1v) is 8.22. The number of ether oxygens (including phenoxy) is 1. The summed E-state index contributed by atoms with van der Waals surface area (Å²) in [7, 11) is 0. The fourth-order valence-electron chi connectivity index (χ4n) is 2.51. The molecular weight excluding hydrogens is 332 g/mol. The molecule has 0 radical (unpaired) electrons. The van der Waals surface area contributed by atoms with Crippen molar-refractivity contribution >= 4 is 34.4 Å². The molecule has 2 heterocycles. The predicted molar refractivity (Wildman–Crippen MR) is 88.8 cm³/mol. The van der Waals surface area contributed by atoms with Gasteiger partial charge in [0.05, 0.1) is 22.0 Å². The second-order valence-electron chi connectivity index (χ2n) is 5.25. The van der Waals surface area contributed by atoms with E-state index >= 15 is 0 Å². The van der Waals surface area contributed by atoms with Crippen molar-refractivity contribution in [3.8, 4) is 5.75 Å². The third kappa shape index (κ3) is 2.88. The number of carbonyl (C=O) groups is 2. The number of benzene rings is 1. The van der Waals surface area contributed by atoms with E-state index in [0.29, 0.717) is 17.0 Å². The van der Waals surface area contributed by atoms with Crippen molar-refractivity contribution in [2.75, 3.05) is 11.4 Å². The first-order valence-electron chi connectivity index (χ1n) is 7.34. The summed E-state index contributed by atoms with van der Waals surface area (Å²) in [6, 6.07) is 7.49. The fraction of sp³-hybridized carbons (Fsp3) is 0.250. The Hall–Kier alpha value is -2.74. The first kappa shape index (κ1) is 16.1. The van der Waals surface area contributed by atoms with Gasteiger partial charge in [-0.25, -0.2) is 0 Å². The Bertz CT molecular complexity index is 803. The molecule has 0 aliphatic carbocycles. The van der Waals surface area contributed by atoms with Crippen molar-refractivity contribution in [3.05, 3.63) is 50.7 Å². The highest BCUT2D eigenvalue weighted by Gasteiger charge is 2.35. The van der Waals surface area contributed by atoms with Gasteiger partial charge in [0.25, 0.3) is 11.6 Å². The van der Waals surface area contributed by atoms with Gasteiger partial charge in [0, 0.05) is 12.1 Å². The summed E-state index contributed by atoms with van der Waals surface area (Å²) in [4.78, 5) is 37.2. The number of nitrogens with zero attached hydrogens (tertiary/aromatic N) is 2. The molecule has 1 aliphatic heterocycles. The highest BCUT2D eigenvalue weighted by atomic mass is 32.1. The molecule has 1 atom stereocenters. The summed E-state index contributed by atoms with van der Waals surface area (Å²) in [5.74, 6) is -0.214. The predicted octanol–water partition coefficient (Wildman–Crippen LogP) is 3.04. The van der Waals surface area contributed by atoms with Crippen molar-refractivity contribution in [3.63, 3.8) is 0 Å². The van der Waals surface area contributed by atoms with Crippen LogP contribution >= 0.6 is 11.3 Å². The molecule has 1 aromatic carbocycles. The molecule has 0 bridgehead atoms. The Balaban J connectivity index is 1.99. The van der Waals surface area contributed by atoms with Crippen LogP contribution < -0.4 is 9.64 Å². The second-order valence-corrected chi connectivity index (χ2v) is 6.20. The minimum absolute atomic E-state index is 0.159. The summed E-state index contributed by atoms with van der Waals surface area (Å²) >= 11 is 1.29.